The van der Waals surface area contributed by atoms with Crippen LogP contribution in [0.15, 0.2) is 9.60 Å². The predicted octanol–water partition coefficient (Wildman–Crippen LogP) is 1.04. The molecule has 2 aliphatic rings. The number of carbonyl (C=O) groups is 1. The summed E-state index contributed by atoms with van der Waals surface area (Å²) < 4.78 is 7.83. The minimum Gasteiger partial charge on any atom is -0.477 e. The topological polar surface area (TPSA) is 76.7 Å². The first kappa shape index (κ1) is 11.9. The Kier molecular flexibility index (Phi) is 2.95. The van der Waals surface area contributed by atoms with Crippen molar-refractivity contribution in [2.45, 2.75) is 18.9 Å². The molecular formula is C11H12BrN3O3. The summed E-state index contributed by atoms with van der Waals surface area (Å²) in [6, 6.07) is 0.207. The fourth-order valence-corrected chi connectivity index (χ4v) is 3.04. The largest absolute Gasteiger partial charge is 0.477 e. The Morgan fingerprint density at radius 3 is 3.06 bits per heavy atom. The SMILES string of the molecule is O=C(O)C1=NCCc2c1c(Br)nn2C1CCOC1. The summed E-state index contributed by atoms with van der Waals surface area (Å²) in [5, 5.41) is 13.6. The molecule has 3 rings (SSSR count). The molecule has 0 aromatic carbocycles. The lowest BCUT2D eigenvalue weighted by Crippen LogP contribution is -2.23. The normalized spacial score (nSPS) is 22.7. The summed E-state index contributed by atoms with van der Waals surface area (Å²) in [6.07, 6.45) is 1.64. The smallest absolute Gasteiger partial charge is 0.354 e. The van der Waals surface area contributed by atoms with Crippen molar-refractivity contribution in [3.05, 3.63) is 15.9 Å². The van der Waals surface area contributed by atoms with Crippen LogP contribution in [0.5, 0.6) is 0 Å². The number of hydrogen-bond donors (Lipinski definition) is 1. The minimum atomic E-state index is -1.00. The molecule has 1 atom stereocenters. The van der Waals surface area contributed by atoms with Gasteiger partial charge >= 0.3 is 5.97 Å². The Morgan fingerprint density at radius 2 is 2.39 bits per heavy atom. The molecule has 0 bridgehead atoms. The monoisotopic (exact) mass is 313 g/mol. The number of aromatic nitrogens is 2. The molecule has 1 N–H and O–H groups in total. The molecule has 0 spiro atoms. The van der Waals surface area contributed by atoms with E-state index in [4.69, 9.17) is 4.74 Å². The van der Waals surface area contributed by atoms with Crippen LogP contribution >= 0.6 is 15.9 Å². The molecule has 2 aliphatic heterocycles. The molecule has 1 fully saturated rings. The summed E-state index contributed by atoms with van der Waals surface area (Å²) in [5.41, 5.74) is 1.68. The van der Waals surface area contributed by atoms with Gasteiger partial charge in [0.05, 0.1) is 23.9 Å². The number of carboxylic acid groups (broad SMARTS) is 1. The van der Waals surface area contributed by atoms with Gasteiger partial charge in [-0.05, 0) is 22.4 Å². The third-order valence-electron chi connectivity index (χ3n) is 3.28. The number of halogens is 1. The van der Waals surface area contributed by atoms with Gasteiger partial charge in [-0.25, -0.2) is 4.79 Å². The Labute approximate surface area is 112 Å². The summed E-state index contributed by atoms with van der Waals surface area (Å²) in [5.74, 6) is -1.00. The molecule has 0 saturated carbocycles. The molecule has 0 amide bonds. The van der Waals surface area contributed by atoms with Gasteiger partial charge in [-0.2, -0.15) is 5.10 Å². The predicted molar refractivity (Wildman–Crippen MR) is 67.1 cm³/mol. The van der Waals surface area contributed by atoms with Gasteiger partial charge in [-0.1, -0.05) is 0 Å². The van der Waals surface area contributed by atoms with Gasteiger partial charge in [-0.3, -0.25) is 9.67 Å². The maximum Gasteiger partial charge on any atom is 0.354 e. The van der Waals surface area contributed by atoms with E-state index in [1.165, 1.54) is 0 Å². The van der Waals surface area contributed by atoms with Crippen LogP contribution < -0.4 is 0 Å². The molecule has 3 heterocycles. The molecule has 1 aromatic rings. The van der Waals surface area contributed by atoms with Crippen molar-refractivity contribution in [1.82, 2.24) is 9.78 Å². The zero-order valence-electron chi connectivity index (χ0n) is 9.60. The van der Waals surface area contributed by atoms with E-state index < -0.39 is 5.97 Å². The molecule has 96 valence electrons. The highest BCUT2D eigenvalue weighted by Crippen LogP contribution is 2.29. The summed E-state index contributed by atoms with van der Waals surface area (Å²) in [4.78, 5) is 15.3. The number of aliphatic imine (C=N–C) groups is 1. The van der Waals surface area contributed by atoms with E-state index in [0.717, 1.165) is 25.1 Å². The van der Waals surface area contributed by atoms with Gasteiger partial charge < -0.3 is 9.84 Å². The molecule has 1 saturated heterocycles. The van der Waals surface area contributed by atoms with Crippen LogP contribution in [0.1, 0.15) is 23.7 Å². The summed E-state index contributed by atoms with van der Waals surface area (Å²) in [7, 11) is 0. The number of hydrogen-bond acceptors (Lipinski definition) is 4. The molecule has 18 heavy (non-hydrogen) atoms. The van der Waals surface area contributed by atoms with E-state index in [2.05, 4.69) is 26.0 Å². The van der Waals surface area contributed by atoms with Crippen molar-refractivity contribution in [3.8, 4) is 0 Å². The van der Waals surface area contributed by atoms with E-state index in [-0.39, 0.29) is 11.8 Å². The van der Waals surface area contributed by atoms with E-state index in [9.17, 15) is 9.90 Å². The van der Waals surface area contributed by atoms with Crippen molar-refractivity contribution in [1.29, 1.82) is 0 Å². The number of fused-ring (bicyclic) bond motifs is 1. The van der Waals surface area contributed by atoms with Crippen LogP contribution in [0.25, 0.3) is 0 Å². The lowest BCUT2D eigenvalue weighted by Gasteiger charge is -2.16. The Hall–Kier alpha value is -1.21. The van der Waals surface area contributed by atoms with Gasteiger partial charge in [0.1, 0.15) is 4.60 Å². The highest BCUT2D eigenvalue weighted by atomic mass is 79.9. The number of nitrogens with zero attached hydrogens (tertiary/aromatic N) is 3. The molecule has 0 aliphatic carbocycles. The summed E-state index contributed by atoms with van der Waals surface area (Å²) >= 11 is 3.34. The standard InChI is InChI=1S/C11H12BrN3O3/c12-10-8-7(1-3-13-9(8)11(16)17)15(14-10)6-2-4-18-5-6/h6H,1-5H2,(H,16,17). The maximum absolute atomic E-state index is 11.2. The van der Waals surface area contributed by atoms with Gasteiger partial charge in [0.25, 0.3) is 0 Å². The Balaban J connectivity index is 2.08. The van der Waals surface area contributed by atoms with Crippen LogP contribution in [0.2, 0.25) is 0 Å². The van der Waals surface area contributed by atoms with Crippen molar-refractivity contribution in [2.75, 3.05) is 19.8 Å². The number of ether oxygens (including phenoxy) is 1. The molecule has 6 nitrogen and oxygen atoms in total. The molecular weight excluding hydrogens is 302 g/mol. The number of carboxylic acids is 1. The fourth-order valence-electron chi connectivity index (χ4n) is 2.46. The van der Waals surface area contributed by atoms with E-state index in [1.54, 1.807) is 0 Å². The average molecular weight is 314 g/mol. The lowest BCUT2D eigenvalue weighted by atomic mass is 10.1. The zero-order valence-corrected chi connectivity index (χ0v) is 11.2. The third-order valence-corrected chi connectivity index (χ3v) is 3.83. The third kappa shape index (κ3) is 1.78. The minimum absolute atomic E-state index is 0.105. The van der Waals surface area contributed by atoms with E-state index >= 15 is 0 Å². The van der Waals surface area contributed by atoms with Crippen LogP contribution in [-0.2, 0) is 16.0 Å². The second-order valence-electron chi connectivity index (χ2n) is 4.36. The number of aliphatic carboxylic acids is 1. The van der Waals surface area contributed by atoms with Crippen LogP contribution in [0, 0.1) is 0 Å². The van der Waals surface area contributed by atoms with Crippen LogP contribution in [0.4, 0.5) is 0 Å². The Bertz CT molecular complexity index is 532. The Morgan fingerprint density at radius 1 is 1.56 bits per heavy atom. The molecule has 0 radical (unpaired) electrons. The van der Waals surface area contributed by atoms with Gasteiger partial charge in [0, 0.05) is 19.6 Å². The van der Waals surface area contributed by atoms with Crippen molar-refractivity contribution < 1.29 is 14.6 Å². The quantitative estimate of drug-likeness (QED) is 0.885. The van der Waals surface area contributed by atoms with E-state index in [0.29, 0.717) is 23.3 Å². The molecule has 7 heteroatoms. The second-order valence-corrected chi connectivity index (χ2v) is 5.11. The average Bonchev–Trinajstić information content (AvgIpc) is 2.97. The van der Waals surface area contributed by atoms with Gasteiger partial charge in [0.15, 0.2) is 5.71 Å². The first-order valence-corrected chi connectivity index (χ1v) is 6.60. The highest BCUT2D eigenvalue weighted by molar-refractivity contribution is 9.10. The fraction of sp³-hybridized carbons (Fsp3) is 0.545. The highest BCUT2D eigenvalue weighted by Gasteiger charge is 2.31. The van der Waals surface area contributed by atoms with Crippen molar-refractivity contribution >= 4 is 27.6 Å². The summed E-state index contributed by atoms with van der Waals surface area (Å²) in [6.45, 7) is 1.87. The zero-order chi connectivity index (χ0) is 12.7. The van der Waals surface area contributed by atoms with Crippen molar-refractivity contribution in [3.63, 3.8) is 0 Å². The first-order valence-electron chi connectivity index (χ1n) is 5.81. The lowest BCUT2D eigenvalue weighted by molar-refractivity contribution is -0.129. The maximum atomic E-state index is 11.2. The van der Waals surface area contributed by atoms with Crippen LogP contribution in [0.3, 0.4) is 0 Å². The van der Waals surface area contributed by atoms with Gasteiger partial charge in [0.2, 0.25) is 0 Å². The van der Waals surface area contributed by atoms with Crippen molar-refractivity contribution in [2.24, 2.45) is 4.99 Å². The van der Waals surface area contributed by atoms with Gasteiger partial charge in [-0.15, -0.1) is 0 Å². The first-order chi connectivity index (χ1) is 8.68. The molecule has 1 unspecified atom stereocenters. The van der Waals surface area contributed by atoms with E-state index in [1.807, 2.05) is 4.68 Å². The molecule has 1 aromatic heterocycles. The number of rotatable bonds is 2. The van der Waals surface area contributed by atoms with Crippen LogP contribution in [-0.4, -0.2) is 46.3 Å². The second kappa shape index (κ2) is 4.47.